The zero-order chi connectivity index (χ0) is 9.84. The van der Waals surface area contributed by atoms with Crippen molar-refractivity contribution in [2.75, 3.05) is 0 Å². The predicted octanol–water partition coefficient (Wildman–Crippen LogP) is 1.99. The zero-order valence-corrected chi connectivity index (χ0v) is 7.21. The van der Waals surface area contributed by atoms with Gasteiger partial charge < -0.3 is 0 Å². The average molecular weight is 180 g/mol. The molecule has 1 aromatic carbocycles. The van der Waals surface area contributed by atoms with Gasteiger partial charge >= 0.3 is 0 Å². The molecule has 1 rings (SSSR count). The minimum Gasteiger partial charge on any atom is -0.290 e. The fourth-order valence-electron chi connectivity index (χ4n) is 0.923. The molecule has 1 aromatic rings. The first kappa shape index (κ1) is 9.58. The Balaban J connectivity index is 2.90. The molecule has 0 bridgehead atoms. The van der Waals surface area contributed by atoms with Crippen LogP contribution in [0.15, 0.2) is 24.3 Å². The van der Waals surface area contributed by atoms with Crippen molar-refractivity contribution in [3.05, 3.63) is 35.6 Å². The Morgan fingerprint density at radius 2 is 1.77 bits per heavy atom. The number of hydrogen-bond donors (Lipinski definition) is 0. The van der Waals surface area contributed by atoms with E-state index in [4.69, 9.17) is 0 Å². The van der Waals surface area contributed by atoms with Gasteiger partial charge in [0.25, 0.3) is 0 Å². The Kier molecular flexibility index (Phi) is 2.90. The van der Waals surface area contributed by atoms with Crippen LogP contribution in [-0.4, -0.2) is 11.6 Å². The maximum Gasteiger partial charge on any atom is 0.228 e. The van der Waals surface area contributed by atoms with Crippen molar-refractivity contribution in [2.24, 2.45) is 0 Å². The fraction of sp³-hybridized carbons (Fsp3) is 0.200. The third-order valence-electron chi connectivity index (χ3n) is 1.68. The molecule has 13 heavy (non-hydrogen) atoms. The van der Waals surface area contributed by atoms with Crippen LogP contribution in [0.3, 0.4) is 0 Å². The molecule has 0 amide bonds. The molecule has 0 aromatic heterocycles. The second-order valence-electron chi connectivity index (χ2n) is 2.61. The van der Waals surface area contributed by atoms with E-state index >= 15 is 0 Å². The predicted molar refractivity (Wildman–Crippen MR) is 46.0 cm³/mol. The van der Waals surface area contributed by atoms with Gasteiger partial charge in [-0.05, 0) is 24.3 Å². The van der Waals surface area contributed by atoms with E-state index in [2.05, 4.69) is 0 Å². The van der Waals surface area contributed by atoms with Gasteiger partial charge in [0.1, 0.15) is 5.82 Å². The highest BCUT2D eigenvalue weighted by Crippen LogP contribution is 2.04. The Morgan fingerprint density at radius 3 is 2.23 bits per heavy atom. The van der Waals surface area contributed by atoms with Crippen molar-refractivity contribution in [3.8, 4) is 0 Å². The SMILES string of the molecule is CCC(=O)C(=O)c1ccc(F)cc1. The van der Waals surface area contributed by atoms with Gasteiger partial charge in [-0.1, -0.05) is 6.92 Å². The summed E-state index contributed by atoms with van der Waals surface area (Å²) < 4.78 is 12.4. The van der Waals surface area contributed by atoms with E-state index in [1.165, 1.54) is 12.1 Å². The zero-order valence-electron chi connectivity index (χ0n) is 7.21. The largest absolute Gasteiger partial charge is 0.290 e. The Bertz CT molecular complexity index is 327. The lowest BCUT2D eigenvalue weighted by atomic mass is 10.1. The van der Waals surface area contributed by atoms with E-state index in [0.29, 0.717) is 0 Å². The third kappa shape index (κ3) is 2.21. The molecule has 0 spiro atoms. The van der Waals surface area contributed by atoms with Crippen molar-refractivity contribution < 1.29 is 14.0 Å². The van der Waals surface area contributed by atoms with E-state index in [1.807, 2.05) is 0 Å². The molecule has 0 N–H and O–H groups in total. The lowest BCUT2D eigenvalue weighted by Gasteiger charge is -1.96. The Morgan fingerprint density at radius 1 is 1.23 bits per heavy atom. The second-order valence-corrected chi connectivity index (χ2v) is 2.61. The maximum absolute atomic E-state index is 12.4. The van der Waals surface area contributed by atoms with Gasteiger partial charge in [0.15, 0.2) is 0 Å². The van der Waals surface area contributed by atoms with Crippen molar-refractivity contribution in [1.29, 1.82) is 0 Å². The van der Waals surface area contributed by atoms with Crippen LogP contribution in [0.2, 0.25) is 0 Å². The van der Waals surface area contributed by atoms with E-state index in [1.54, 1.807) is 6.92 Å². The fourth-order valence-corrected chi connectivity index (χ4v) is 0.923. The van der Waals surface area contributed by atoms with Gasteiger partial charge in [0.05, 0.1) is 0 Å². The molecule has 2 nitrogen and oxygen atoms in total. The smallest absolute Gasteiger partial charge is 0.228 e. The minimum absolute atomic E-state index is 0.177. The van der Waals surface area contributed by atoms with Gasteiger partial charge in [0, 0.05) is 12.0 Å². The van der Waals surface area contributed by atoms with Gasteiger partial charge in [-0.2, -0.15) is 0 Å². The van der Waals surface area contributed by atoms with Crippen LogP contribution in [0, 0.1) is 5.82 Å². The lowest BCUT2D eigenvalue weighted by molar-refractivity contribution is -0.114. The first-order valence-electron chi connectivity index (χ1n) is 3.98. The van der Waals surface area contributed by atoms with Gasteiger partial charge in [-0.3, -0.25) is 9.59 Å². The van der Waals surface area contributed by atoms with Crippen LogP contribution in [0.4, 0.5) is 4.39 Å². The lowest BCUT2D eigenvalue weighted by Crippen LogP contribution is -2.12. The van der Waals surface area contributed by atoms with Crippen molar-refractivity contribution in [2.45, 2.75) is 13.3 Å². The Hall–Kier alpha value is -1.51. The molecule has 0 radical (unpaired) electrons. The third-order valence-corrected chi connectivity index (χ3v) is 1.68. The number of Topliss-reactive ketones (excluding diaryl/α,β-unsaturated/α-hetero) is 2. The van der Waals surface area contributed by atoms with Gasteiger partial charge in [-0.15, -0.1) is 0 Å². The normalized spacial score (nSPS) is 9.69. The van der Waals surface area contributed by atoms with Crippen LogP contribution < -0.4 is 0 Å². The molecular formula is C10H9FO2. The van der Waals surface area contributed by atoms with Gasteiger partial charge in [-0.25, -0.2) is 4.39 Å². The number of ketones is 2. The summed E-state index contributed by atoms with van der Waals surface area (Å²) in [5.41, 5.74) is 0.244. The monoisotopic (exact) mass is 180 g/mol. The maximum atomic E-state index is 12.4. The molecule has 0 aliphatic carbocycles. The summed E-state index contributed by atoms with van der Waals surface area (Å²) in [7, 11) is 0. The quantitative estimate of drug-likeness (QED) is 0.526. The number of hydrogen-bond acceptors (Lipinski definition) is 2. The highest BCUT2D eigenvalue weighted by Gasteiger charge is 2.13. The highest BCUT2D eigenvalue weighted by atomic mass is 19.1. The molecule has 68 valence electrons. The molecule has 0 heterocycles. The topological polar surface area (TPSA) is 34.1 Å². The van der Waals surface area contributed by atoms with Crippen LogP contribution in [0.5, 0.6) is 0 Å². The van der Waals surface area contributed by atoms with Crippen LogP contribution in [0.25, 0.3) is 0 Å². The molecular weight excluding hydrogens is 171 g/mol. The van der Waals surface area contributed by atoms with Crippen LogP contribution in [-0.2, 0) is 4.79 Å². The van der Waals surface area contributed by atoms with E-state index < -0.39 is 17.4 Å². The number of carbonyl (C=O) groups excluding carboxylic acids is 2. The van der Waals surface area contributed by atoms with Gasteiger partial charge in [0.2, 0.25) is 11.6 Å². The summed E-state index contributed by atoms with van der Waals surface area (Å²) in [6.45, 7) is 1.61. The standard InChI is InChI=1S/C10H9FO2/c1-2-9(12)10(13)7-3-5-8(11)6-4-7/h3-6H,2H2,1H3. The van der Waals surface area contributed by atoms with E-state index in [-0.39, 0.29) is 12.0 Å². The molecule has 0 fully saturated rings. The summed E-state index contributed by atoms with van der Waals surface area (Å²) in [6.07, 6.45) is 0.177. The Labute approximate surface area is 75.4 Å². The molecule has 0 saturated heterocycles. The molecule has 0 aliphatic heterocycles. The first-order chi connectivity index (χ1) is 6.15. The summed E-state index contributed by atoms with van der Waals surface area (Å²) in [4.78, 5) is 22.2. The van der Waals surface area contributed by atoms with Crippen molar-refractivity contribution in [3.63, 3.8) is 0 Å². The highest BCUT2D eigenvalue weighted by molar-refractivity contribution is 6.43. The minimum atomic E-state index is -0.553. The molecule has 0 saturated carbocycles. The summed E-state index contributed by atoms with van der Waals surface area (Å²) >= 11 is 0. The average Bonchev–Trinajstić information content (AvgIpc) is 2.17. The second kappa shape index (κ2) is 3.94. The molecule has 3 heteroatoms. The van der Waals surface area contributed by atoms with Crippen molar-refractivity contribution >= 4 is 11.6 Å². The van der Waals surface area contributed by atoms with Crippen LogP contribution >= 0.6 is 0 Å². The van der Waals surface area contributed by atoms with Crippen LogP contribution in [0.1, 0.15) is 23.7 Å². The van der Waals surface area contributed by atoms with E-state index in [9.17, 15) is 14.0 Å². The number of benzene rings is 1. The summed E-state index contributed by atoms with van der Waals surface area (Å²) in [5, 5.41) is 0. The van der Waals surface area contributed by atoms with E-state index in [0.717, 1.165) is 12.1 Å². The number of halogens is 1. The summed E-state index contributed by atoms with van der Waals surface area (Å²) in [5.74, 6) is -1.42. The van der Waals surface area contributed by atoms with Crippen molar-refractivity contribution in [1.82, 2.24) is 0 Å². The molecule has 0 atom stereocenters. The number of carbonyl (C=O) groups is 2. The molecule has 0 unspecified atom stereocenters. The molecule has 0 aliphatic rings. The number of rotatable bonds is 3. The first-order valence-corrected chi connectivity index (χ1v) is 3.98. The summed E-state index contributed by atoms with van der Waals surface area (Å²) in [6, 6.07) is 4.95.